The van der Waals surface area contributed by atoms with Gasteiger partial charge in [0.25, 0.3) is 0 Å². The van der Waals surface area contributed by atoms with Crippen LogP contribution in [0.4, 0.5) is 65.9 Å². The lowest BCUT2D eigenvalue weighted by Crippen LogP contribution is -2.60. The lowest BCUT2D eigenvalue weighted by Gasteiger charge is -2.43. The topological polar surface area (TPSA) is 210 Å². The molecule has 5 aromatic carbocycles. The number of rotatable bonds is 43. The first-order chi connectivity index (χ1) is 57.6. The Morgan fingerprint density at radius 1 is 0.488 bits per heavy atom. The first kappa shape index (κ1) is 101. The number of hydrogen-bond acceptors (Lipinski definition) is 16. The van der Waals surface area contributed by atoms with E-state index in [0.717, 1.165) is 149 Å². The molecule has 0 aliphatic carbocycles. The van der Waals surface area contributed by atoms with Gasteiger partial charge in [0, 0.05) is 94.5 Å². The summed E-state index contributed by atoms with van der Waals surface area (Å²) < 4.78 is 286. The van der Waals surface area contributed by atoms with Gasteiger partial charge >= 0.3 is 36.9 Å². The third-order valence-corrected chi connectivity index (χ3v) is 23.6. The predicted molar refractivity (Wildman–Crippen MR) is 422 cm³/mol. The predicted octanol–water partition coefficient (Wildman–Crippen LogP) is 19.7. The quantitative estimate of drug-likeness (QED) is 0.0154. The highest BCUT2D eigenvalue weighted by atomic mass is 19.4. The molecule has 2 heterocycles. The Hall–Kier alpha value is -9.37. The van der Waals surface area contributed by atoms with Crippen LogP contribution in [0.2, 0.25) is 0 Å². The first-order valence-electron chi connectivity index (χ1n) is 39.5. The molecule has 0 bridgehead atoms. The number of methoxy groups -OCH3 is 6. The summed E-state index contributed by atoms with van der Waals surface area (Å²) in [7, 11) is 3.77. The second kappa shape index (κ2) is 41.2. The van der Waals surface area contributed by atoms with Crippen molar-refractivity contribution >= 4 is 46.5 Å². The molecule has 2 saturated heterocycles. The summed E-state index contributed by atoms with van der Waals surface area (Å²) in [5, 5.41) is 0. The number of benzene rings is 5. The van der Waals surface area contributed by atoms with E-state index in [-0.39, 0.29) is 30.4 Å². The van der Waals surface area contributed by atoms with Crippen LogP contribution in [0.1, 0.15) is 134 Å². The minimum atomic E-state index is -5.90. The fourth-order valence-electron chi connectivity index (χ4n) is 16.9. The molecule has 0 radical (unpaired) electrons. The Bertz CT molecular complexity index is 4600. The van der Waals surface area contributed by atoms with E-state index < -0.39 is 248 Å². The van der Waals surface area contributed by atoms with E-state index in [1.807, 2.05) is 0 Å². The zero-order valence-electron chi connectivity index (χ0n) is 69.9. The highest BCUT2D eigenvalue weighted by Crippen LogP contribution is 2.55. The van der Waals surface area contributed by atoms with Crippen LogP contribution >= 0.6 is 0 Å². The van der Waals surface area contributed by atoms with Crippen molar-refractivity contribution in [3.63, 3.8) is 0 Å². The largest absolute Gasteiger partial charge is 0.469 e. The highest BCUT2D eigenvalue weighted by Gasteiger charge is 2.71. The number of hydrogen-bond donors (Lipinski definition) is 0. The number of carbonyl (C=O) groups is 8. The fraction of sp³-hybridized carbons (Fsp3) is 0.478. The summed E-state index contributed by atoms with van der Waals surface area (Å²) in [6.07, 6.45) is -34.4. The number of carbonyl (C=O) groups excluding carboxylic acids is 8. The van der Waals surface area contributed by atoms with Crippen LogP contribution in [0.15, 0.2) is 211 Å². The van der Waals surface area contributed by atoms with E-state index in [0.29, 0.717) is 48.4 Å². The van der Waals surface area contributed by atoms with Gasteiger partial charge in [-0.2, -0.15) is 65.9 Å². The Labute approximate surface area is 704 Å². The van der Waals surface area contributed by atoms with Crippen molar-refractivity contribution in [2.45, 2.75) is 189 Å². The number of ether oxygens (including phenoxy) is 8. The van der Waals surface area contributed by atoms with Crippen molar-refractivity contribution < 1.29 is 142 Å². The second-order valence-corrected chi connectivity index (χ2v) is 31.0. The molecule has 2 unspecified atom stereocenters. The Kier molecular flexibility index (Phi) is 33.7. The molecule has 17 atom stereocenters. The third-order valence-electron chi connectivity index (χ3n) is 23.6. The molecule has 0 spiro atoms. The maximum atomic E-state index is 16.5. The van der Waals surface area contributed by atoms with Crippen LogP contribution in [0.3, 0.4) is 0 Å². The van der Waals surface area contributed by atoms with Crippen LogP contribution in [-0.2, 0) is 104 Å². The van der Waals surface area contributed by atoms with Crippen LogP contribution in [-0.4, -0.2) is 144 Å². The maximum absolute atomic E-state index is 16.5. The lowest BCUT2D eigenvalue weighted by molar-refractivity contribution is -0.272. The summed E-state index contributed by atoms with van der Waals surface area (Å²) in [5.74, 6) is -28.6. The van der Waals surface area contributed by atoms with Crippen LogP contribution in [0, 0.1) is 47.3 Å². The highest BCUT2D eigenvalue weighted by molar-refractivity contribution is 6.02. The number of unbranched alkanes of at least 4 members (excludes halogenated alkanes) is 1. The minimum absolute atomic E-state index is 0.0149. The van der Waals surface area contributed by atoms with Crippen LogP contribution in [0.25, 0.3) is 0 Å². The van der Waals surface area contributed by atoms with E-state index in [1.165, 1.54) is 68.4 Å². The molecule has 123 heavy (non-hydrogen) atoms. The third kappa shape index (κ3) is 20.4. The van der Waals surface area contributed by atoms with Gasteiger partial charge < -0.3 is 37.9 Å². The molecule has 31 heteroatoms. The molecule has 7 rings (SSSR count). The van der Waals surface area contributed by atoms with Gasteiger partial charge in [-0.25, -0.2) is 0 Å². The SMILES string of the molecule is C=C(CCCC)[C@H](C(=O)[C@@](OC)(c1ccccc1)C(F)(F)F)/C(C)=C/C=C/[C@@H](C(=O)[C@@](OC)(c1ccccc1)C(F)(F)F)[C@H]1CCC(CC(=O)C[C@H](C)C(=O)CC(C(=O)[C@@](OC)(c2ccccc2)C(F)(F)F)[C@@H](C)/C(C)=C/C(=C)[C@H](C(=O)[C@@](OC)(c2ccccc2)C(F)(F)F)[C@@H](C(=O)[C@@](OC)(c2ccccc2)C(F)(F)F)[C@H]2C[C@@H](C)[C@H](CC(=O)OC)O2)O1. The molecule has 0 amide bonds. The molecule has 2 aliphatic heterocycles. The molecule has 0 N–H and O–H groups in total. The van der Waals surface area contributed by atoms with E-state index in [1.54, 1.807) is 6.92 Å². The van der Waals surface area contributed by atoms with E-state index in [9.17, 15) is 14.4 Å². The molecule has 670 valence electrons. The Morgan fingerprint density at radius 2 is 0.878 bits per heavy atom. The summed E-state index contributed by atoms with van der Waals surface area (Å²) in [6, 6.07) is 27.0. The fourth-order valence-corrected chi connectivity index (χ4v) is 16.9. The standard InChI is InChI=1S/C92H101F15O16/c1-15-16-33-54(2)75(80(113)85(119-12,90(99,100)101)63-39-26-19-27-40-63)55(3)34-32-45-68(78(111)83(117-10,88(93,94)95)61-35-22-17-23-36-61)71-47-46-67(122-71)51-66(108)49-57(5)70(109)52-69(79(112)84(118-11,89(96,97)98)62-37-24-18-25-38-62)60(8)56(4)48-59(7)76(81(114)86(120-13,91(102,103)104)64-41-28-20-29-42-64)77(73-50-58(6)72(123-73)53-74(110)116-9)82(115)87(121-14,92(105,106)107)65-43-30-21-31-44-65/h17-32,34-45,48,57-58,60,67-69,71-73,75-77H,2,7,15-16,33,46-47,49-53H2,1,3-6,8-14H3/b45-32+,55-34+,56-48+/t57-,58+,60-,67?,68+,69?,71+,72-,73+,75-,76-,77-,83-,84-,85-,86-,87-/m0/s1. The summed E-state index contributed by atoms with van der Waals surface area (Å²) in [4.78, 5) is 120. The number of esters is 1. The molecule has 2 fully saturated rings. The smallest absolute Gasteiger partial charge is 0.429 e. The molecular weight excluding hydrogens is 1650 g/mol. The van der Waals surface area contributed by atoms with E-state index in [4.69, 9.17) is 37.9 Å². The molecule has 2 aliphatic rings. The zero-order valence-corrected chi connectivity index (χ0v) is 69.9. The lowest BCUT2D eigenvalue weighted by atomic mass is 9.66. The van der Waals surface area contributed by atoms with Gasteiger partial charge in [-0.1, -0.05) is 240 Å². The van der Waals surface area contributed by atoms with Gasteiger partial charge in [-0.15, -0.1) is 0 Å². The molecule has 0 aromatic heterocycles. The van der Waals surface area contributed by atoms with Gasteiger partial charge in [-0.05, 0) is 63.4 Å². The van der Waals surface area contributed by atoms with Crippen molar-refractivity contribution in [2.75, 3.05) is 42.7 Å². The number of Topliss-reactive ketones (excluding diaryl/α,β-unsaturated/α-hetero) is 7. The number of alkyl halides is 15. The van der Waals surface area contributed by atoms with Gasteiger partial charge in [0.15, 0.2) is 28.9 Å². The van der Waals surface area contributed by atoms with Crippen molar-refractivity contribution in [1.82, 2.24) is 0 Å². The molecular formula is C92H101F15O16. The van der Waals surface area contributed by atoms with Crippen molar-refractivity contribution in [3.05, 3.63) is 239 Å². The monoisotopic (exact) mass is 1750 g/mol. The first-order valence-corrected chi connectivity index (χ1v) is 39.5. The number of halogens is 15. The van der Waals surface area contributed by atoms with Gasteiger partial charge in [0.2, 0.25) is 28.0 Å². The molecule has 16 nitrogen and oxygen atoms in total. The van der Waals surface area contributed by atoms with Crippen LogP contribution in [0.5, 0.6) is 0 Å². The maximum Gasteiger partial charge on any atom is 0.429 e. The average molecular weight is 1750 g/mol. The van der Waals surface area contributed by atoms with Crippen molar-refractivity contribution in [1.29, 1.82) is 0 Å². The Balaban J connectivity index is 1.33. The molecule has 0 saturated carbocycles. The normalized spacial score (nSPS) is 21.3. The summed E-state index contributed by atoms with van der Waals surface area (Å²) in [6.45, 7) is 15.7. The van der Waals surface area contributed by atoms with Gasteiger partial charge in [-0.3, -0.25) is 38.4 Å². The Morgan fingerprint density at radius 3 is 1.27 bits per heavy atom. The van der Waals surface area contributed by atoms with Crippen molar-refractivity contribution in [3.8, 4) is 0 Å². The van der Waals surface area contributed by atoms with Gasteiger partial charge in [0.1, 0.15) is 11.6 Å². The van der Waals surface area contributed by atoms with E-state index >= 15 is 89.8 Å². The number of ketones is 7. The summed E-state index contributed by atoms with van der Waals surface area (Å²) in [5.41, 5.74) is -25.4. The van der Waals surface area contributed by atoms with Crippen LogP contribution < -0.4 is 0 Å². The van der Waals surface area contributed by atoms with Gasteiger partial charge in [0.05, 0.1) is 61.6 Å². The minimum Gasteiger partial charge on any atom is -0.469 e. The number of allylic oxidation sites excluding steroid dienone is 7. The zero-order chi connectivity index (χ0) is 92.0. The van der Waals surface area contributed by atoms with Crippen molar-refractivity contribution in [2.24, 2.45) is 47.3 Å². The second-order valence-electron chi connectivity index (χ2n) is 31.0. The molecule has 5 aromatic rings. The van der Waals surface area contributed by atoms with E-state index in [2.05, 4.69) is 13.2 Å². The summed E-state index contributed by atoms with van der Waals surface area (Å²) >= 11 is 0. The average Bonchev–Trinajstić information content (AvgIpc) is 1.65.